The normalized spacial score (nSPS) is 22.2. The number of amides is 1. The highest BCUT2D eigenvalue weighted by Gasteiger charge is 2.30. The fourth-order valence-corrected chi connectivity index (χ4v) is 3.99. The number of aryl methyl sites for hydroxylation is 1. The average Bonchev–Trinajstić information content (AvgIpc) is 3.38. The molecule has 4 nitrogen and oxygen atoms in total. The van der Waals surface area contributed by atoms with Gasteiger partial charge in [0.15, 0.2) is 0 Å². The lowest BCUT2D eigenvalue weighted by Crippen LogP contribution is -2.30. The van der Waals surface area contributed by atoms with E-state index in [9.17, 15) is 4.79 Å². The smallest absolute Gasteiger partial charge is 0.254 e. The summed E-state index contributed by atoms with van der Waals surface area (Å²) in [5.74, 6) is 0.822. The van der Waals surface area contributed by atoms with E-state index in [-0.39, 0.29) is 18.1 Å². The van der Waals surface area contributed by atoms with Crippen molar-refractivity contribution < 1.29 is 14.3 Å². The predicted octanol–water partition coefficient (Wildman–Crippen LogP) is 4.53. The summed E-state index contributed by atoms with van der Waals surface area (Å²) in [5.41, 5.74) is 3.15. The van der Waals surface area contributed by atoms with Crippen LogP contribution < -0.4 is 4.74 Å². The monoisotopic (exact) mass is 365 g/mol. The number of carbonyl (C=O) groups is 1. The maximum atomic E-state index is 13.2. The minimum absolute atomic E-state index is 0.0839. The molecule has 0 radical (unpaired) electrons. The topological polar surface area (TPSA) is 38.8 Å². The van der Waals surface area contributed by atoms with Crippen LogP contribution in [0.5, 0.6) is 5.75 Å². The third-order valence-electron chi connectivity index (χ3n) is 5.52. The van der Waals surface area contributed by atoms with E-state index < -0.39 is 0 Å². The first-order valence-electron chi connectivity index (χ1n) is 9.93. The Balaban J connectivity index is 1.46. The lowest BCUT2D eigenvalue weighted by Gasteiger charge is -2.25. The van der Waals surface area contributed by atoms with Gasteiger partial charge in [0.05, 0.1) is 12.1 Å². The second-order valence-electron chi connectivity index (χ2n) is 7.54. The minimum Gasteiger partial charge on any atom is -0.491 e. The molecule has 2 saturated heterocycles. The van der Waals surface area contributed by atoms with Crippen molar-refractivity contribution in [3.63, 3.8) is 0 Å². The van der Waals surface area contributed by atoms with Crippen molar-refractivity contribution in [2.45, 2.75) is 44.8 Å². The molecule has 0 spiro atoms. The quantitative estimate of drug-likeness (QED) is 0.781. The molecule has 2 aromatic rings. The summed E-state index contributed by atoms with van der Waals surface area (Å²) in [6.45, 7) is 4.26. The Labute approximate surface area is 161 Å². The molecule has 2 heterocycles. The number of nitrogens with zero attached hydrogens (tertiary/aromatic N) is 1. The zero-order valence-electron chi connectivity index (χ0n) is 15.9. The molecule has 142 valence electrons. The molecule has 0 aliphatic carbocycles. The van der Waals surface area contributed by atoms with Crippen molar-refractivity contribution in [3.8, 4) is 5.75 Å². The van der Waals surface area contributed by atoms with Crippen LogP contribution in [0, 0.1) is 6.92 Å². The van der Waals surface area contributed by atoms with Crippen molar-refractivity contribution in [1.29, 1.82) is 0 Å². The van der Waals surface area contributed by atoms with E-state index in [0.717, 1.165) is 44.6 Å². The Bertz CT molecular complexity index is 780. The van der Waals surface area contributed by atoms with Crippen molar-refractivity contribution in [3.05, 3.63) is 65.2 Å². The first kappa shape index (κ1) is 18.1. The molecule has 2 unspecified atom stereocenters. The van der Waals surface area contributed by atoms with Gasteiger partial charge in [-0.05, 0) is 56.4 Å². The molecule has 2 aliphatic heterocycles. The summed E-state index contributed by atoms with van der Waals surface area (Å²) < 4.78 is 11.5. The maximum Gasteiger partial charge on any atom is 0.254 e. The summed E-state index contributed by atoms with van der Waals surface area (Å²) >= 11 is 0. The fraction of sp³-hybridized carbons (Fsp3) is 0.435. The third kappa shape index (κ3) is 4.16. The van der Waals surface area contributed by atoms with Gasteiger partial charge in [-0.25, -0.2) is 0 Å². The van der Waals surface area contributed by atoms with E-state index in [4.69, 9.17) is 9.47 Å². The van der Waals surface area contributed by atoms with Crippen molar-refractivity contribution in [2.24, 2.45) is 0 Å². The molecule has 2 aromatic carbocycles. The second kappa shape index (κ2) is 8.13. The van der Waals surface area contributed by atoms with Gasteiger partial charge in [-0.1, -0.05) is 35.9 Å². The molecular weight excluding hydrogens is 338 g/mol. The van der Waals surface area contributed by atoms with Gasteiger partial charge in [-0.3, -0.25) is 4.79 Å². The fourth-order valence-electron chi connectivity index (χ4n) is 3.99. The molecule has 0 saturated carbocycles. The molecule has 27 heavy (non-hydrogen) atoms. The van der Waals surface area contributed by atoms with E-state index in [2.05, 4.69) is 31.2 Å². The highest BCUT2D eigenvalue weighted by molar-refractivity contribution is 5.95. The van der Waals surface area contributed by atoms with Gasteiger partial charge in [0.25, 0.3) is 5.91 Å². The number of hydrogen-bond donors (Lipinski definition) is 0. The summed E-state index contributed by atoms with van der Waals surface area (Å²) in [4.78, 5) is 15.2. The molecule has 2 atom stereocenters. The summed E-state index contributed by atoms with van der Waals surface area (Å²) in [7, 11) is 0. The van der Waals surface area contributed by atoms with E-state index in [1.807, 2.05) is 29.2 Å². The van der Waals surface area contributed by atoms with Crippen LogP contribution in [0.4, 0.5) is 0 Å². The Morgan fingerprint density at radius 3 is 2.78 bits per heavy atom. The van der Waals surface area contributed by atoms with Crippen LogP contribution in [-0.4, -0.2) is 36.7 Å². The van der Waals surface area contributed by atoms with Gasteiger partial charge in [0.2, 0.25) is 0 Å². The third-order valence-corrected chi connectivity index (χ3v) is 5.52. The first-order chi connectivity index (χ1) is 13.2. The molecule has 2 fully saturated rings. The summed E-state index contributed by atoms with van der Waals surface area (Å²) in [5, 5.41) is 0. The number of hydrogen-bond acceptors (Lipinski definition) is 3. The largest absolute Gasteiger partial charge is 0.491 e. The van der Waals surface area contributed by atoms with Crippen molar-refractivity contribution in [1.82, 2.24) is 4.90 Å². The molecule has 4 rings (SSSR count). The number of ether oxygens (including phenoxy) is 2. The second-order valence-corrected chi connectivity index (χ2v) is 7.54. The van der Waals surface area contributed by atoms with Crippen LogP contribution in [0.2, 0.25) is 0 Å². The van der Waals surface area contributed by atoms with Gasteiger partial charge in [-0.15, -0.1) is 0 Å². The van der Waals surface area contributed by atoms with Gasteiger partial charge in [0, 0.05) is 18.7 Å². The first-order valence-corrected chi connectivity index (χ1v) is 9.93. The van der Waals surface area contributed by atoms with Crippen LogP contribution in [0.3, 0.4) is 0 Å². The van der Waals surface area contributed by atoms with E-state index >= 15 is 0 Å². The predicted molar refractivity (Wildman–Crippen MR) is 105 cm³/mol. The zero-order chi connectivity index (χ0) is 18.6. The minimum atomic E-state index is 0.0839. The van der Waals surface area contributed by atoms with Crippen LogP contribution in [-0.2, 0) is 4.74 Å². The molecule has 0 N–H and O–H groups in total. The Hall–Kier alpha value is -2.33. The highest BCUT2D eigenvalue weighted by Crippen LogP contribution is 2.33. The molecule has 2 aliphatic rings. The van der Waals surface area contributed by atoms with Gasteiger partial charge >= 0.3 is 0 Å². The molecule has 4 heteroatoms. The van der Waals surface area contributed by atoms with Crippen LogP contribution in [0.15, 0.2) is 48.5 Å². The number of rotatable bonds is 5. The Morgan fingerprint density at radius 2 is 2.00 bits per heavy atom. The Morgan fingerprint density at radius 1 is 1.15 bits per heavy atom. The molecule has 0 aromatic heterocycles. The number of benzene rings is 2. The van der Waals surface area contributed by atoms with E-state index in [0.29, 0.717) is 12.2 Å². The zero-order valence-corrected chi connectivity index (χ0v) is 15.9. The van der Waals surface area contributed by atoms with Crippen LogP contribution in [0.25, 0.3) is 0 Å². The molecule has 1 amide bonds. The summed E-state index contributed by atoms with van der Waals surface area (Å²) in [6, 6.07) is 16.2. The SMILES string of the molecule is Cc1ccc(C2CCCN2C(=O)c2cccc(OCC3CCCO3)c2)cc1. The Kier molecular flexibility index (Phi) is 5.44. The van der Waals surface area contributed by atoms with E-state index in [1.54, 1.807) is 0 Å². The average molecular weight is 365 g/mol. The highest BCUT2D eigenvalue weighted by atomic mass is 16.5. The van der Waals surface area contributed by atoms with Gasteiger partial charge < -0.3 is 14.4 Å². The van der Waals surface area contributed by atoms with Gasteiger partial charge in [0.1, 0.15) is 12.4 Å². The van der Waals surface area contributed by atoms with Gasteiger partial charge in [-0.2, -0.15) is 0 Å². The maximum absolute atomic E-state index is 13.2. The van der Waals surface area contributed by atoms with Crippen LogP contribution in [0.1, 0.15) is 53.2 Å². The van der Waals surface area contributed by atoms with E-state index in [1.165, 1.54) is 11.1 Å². The number of carbonyl (C=O) groups excluding carboxylic acids is 1. The lowest BCUT2D eigenvalue weighted by molar-refractivity contribution is 0.0676. The number of likely N-dealkylation sites (tertiary alicyclic amines) is 1. The standard InChI is InChI=1S/C23H27NO3/c1-17-9-11-18(12-10-17)22-8-3-13-24(22)23(25)19-5-2-6-20(15-19)27-16-21-7-4-14-26-21/h2,5-6,9-12,15,21-22H,3-4,7-8,13-14,16H2,1H3. The molecular formula is C23H27NO3. The lowest BCUT2D eigenvalue weighted by atomic mass is 10.0. The molecule has 0 bridgehead atoms. The van der Waals surface area contributed by atoms with Crippen molar-refractivity contribution >= 4 is 5.91 Å². The van der Waals surface area contributed by atoms with Crippen LogP contribution >= 0.6 is 0 Å². The summed E-state index contributed by atoms with van der Waals surface area (Å²) in [6.07, 6.45) is 4.38. The van der Waals surface area contributed by atoms with Crippen molar-refractivity contribution in [2.75, 3.05) is 19.8 Å².